The maximum absolute atomic E-state index is 14.1. The van der Waals surface area contributed by atoms with Crippen LogP contribution in [-0.4, -0.2) is 62.7 Å². The van der Waals surface area contributed by atoms with Crippen molar-refractivity contribution in [2.75, 3.05) is 26.2 Å². The third-order valence-electron chi connectivity index (χ3n) is 6.14. The fraction of sp³-hybridized carbons (Fsp3) is 0.333. The molecule has 0 bridgehead atoms. The van der Waals surface area contributed by atoms with Gasteiger partial charge >= 0.3 is 0 Å². The first-order valence-electron chi connectivity index (χ1n) is 10.8. The van der Waals surface area contributed by atoms with Crippen LogP contribution < -0.4 is 5.56 Å². The molecule has 1 saturated heterocycles. The van der Waals surface area contributed by atoms with Gasteiger partial charge in [-0.3, -0.25) is 19.6 Å². The highest BCUT2D eigenvalue weighted by molar-refractivity contribution is 5.94. The number of hydrogen-bond acceptors (Lipinski definition) is 5. The lowest BCUT2D eigenvalue weighted by Gasteiger charge is -2.39. The first-order chi connectivity index (χ1) is 15.8. The Morgan fingerprint density at radius 1 is 1.30 bits per heavy atom. The second-order valence-corrected chi connectivity index (χ2v) is 8.23. The molecule has 3 aromatic rings. The van der Waals surface area contributed by atoms with Crippen LogP contribution in [0.2, 0.25) is 0 Å². The zero-order valence-electron chi connectivity index (χ0n) is 18.8. The van der Waals surface area contributed by atoms with Gasteiger partial charge in [-0.2, -0.15) is 5.26 Å². The molecule has 0 spiro atoms. The topological polar surface area (TPSA) is 98.0 Å². The van der Waals surface area contributed by atoms with E-state index >= 15 is 0 Å². The fourth-order valence-corrected chi connectivity index (χ4v) is 4.22. The molecule has 0 saturated carbocycles. The van der Waals surface area contributed by atoms with E-state index in [9.17, 15) is 14.0 Å². The molecule has 1 N–H and O–H groups in total. The molecule has 8 nitrogen and oxygen atoms in total. The number of H-pyrrole nitrogens is 1. The van der Waals surface area contributed by atoms with Crippen molar-refractivity contribution in [3.05, 3.63) is 69.5 Å². The van der Waals surface area contributed by atoms with Crippen molar-refractivity contribution >= 4 is 5.91 Å². The predicted molar refractivity (Wildman–Crippen MR) is 122 cm³/mol. The summed E-state index contributed by atoms with van der Waals surface area (Å²) in [6, 6.07) is 7.77. The SMILES string of the molecule is CCN1CCN(C(=O)c2ccc(-n3[nH]cc(-c4cc(F)c(C#N)cc4C)c3=O)nc2)[C@@H](C)C1. The molecule has 1 fully saturated rings. The first kappa shape index (κ1) is 22.4. The smallest absolute Gasteiger partial charge is 0.280 e. The Hall–Kier alpha value is -3.77. The molecule has 33 heavy (non-hydrogen) atoms. The van der Waals surface area contributed by atoms with Gasteiger partial charge in [-0.05, 0) is 55.8 Å². The number of nitrogens with zero attached hydrogens (tertiary/aromatic N) is 5. The largest absolute Gasteiger partial charge is 0.333 e. The van der Waals surface area contributed by atoms with Gasteiger partial charge in [0, 0.05) is 38.1 Å². The van der Waals surface area contributed by atoms with Crippen molar-refractivity contribution in [3.63, 3.8) is 0 Å². The zero-order valence-corrected chi connectivity index (χ0v) is 18.8. The minimum atomic E-state index is -0.680. The number of aromatic amines is 1. The number of piperazine rings is 1. The number of rotatable bonds is 4. The summed E-state index contributed by atoms with van der Waals surface area (Å²) in [6.07, 6.45) is 2.95. The van der Waals surface area contributed by atoms with Gasteiger partial charge in [0.2, 0.25) is 0 Å². The quantitative estimate of drug-likeness (QED) is 0.662. The summed E-state index contributed by atoms with van der Waals surface area (Å²) in [7, 11) is 0. The van der Waals surface area contributed by atoms with Crippen LogP contribution in [0.25, 0.3) is 16.9 Å². The van der Waals surface area contributed by atoms with E-state index in [2.05, 4.69) is 21.9 Å². The Labute approximate surface area is 190 Å². The van der Waals surface area contributed by atoms with Crippen LogP contribution in [0, 0.1) is 24.1 Å². The summed E-state index contributed by atoms with van der Waals surface area (Å²) >= 11 is 0. The molecule has 2 aromatic heterocycles. The van der Waals surface area contributed by atoms with E-state index in [0.717, 1.165) is 19.6 Å². The van der Waals surface area contributed by atoms with E-state index in [-0.39, 0.29) is 23.1 Å². The number of amides is 1. The van der Waals surface area contributed by atoms with Gasteiger partial charge in [-0.15, -0.1) is 0 Å². The summed E-state index contributed by atoms with van der Waals surface area (Å²) in [4.78, 5) is 34.4. The van der Waals surface area contributed by atoms with Crippen molar-refractivity contribution in [2.45, 2.75) is 26.8 Å². The van der Waals surface area contributed by atoms with E-state index in [4.69, 9.17) is 5.26 Å². The van der Waals surface area contributed by atoms with Crippen LogP contribution in [0.1, 0.15) is 35.3 Å². The molecule has 1 aromatic carbocycles. The summed E-state index contributed by atoms with van der Waals surface area (Å²) < 4.78 is 15.4. The number of hydrogen-bond donors (Lipinski definition) is 1. The Bertz CT molecular complexity index is 1290. The van der Waals surface area contributed by atoms with Crippen molar-refractivity contribution in [1.82, 2.24) is 24.6 Å². The summed E-state index contributed by atoms with van der Waals surface area (Å²) in [5.74, 6) is -0.445. The number of likely N-dealkylation sites (N-methyl/N-ethyl adjacent to an activating group) is 1. The third kappa shape index (κ3) is 4.17. The minimum Gasteiger partial charge on any atom is -0.333 e. The van der Waals surface area contributed by atoms with Gasteiger partial charge in [-0.1, -0.05) is 6.92 Å². The van der Waals surface area contributed by atoms with Crippen LogP contribution in [0.5, 0.6) is 0 Å². The average Bonchev–Trinajstić information content (AvgIpc) is 3.20. The number of nitriles is 1. The first-order valence-corrected chi connectivity index (χ1v) is 10.8. The van der Waals surface area contributed by atoms with Gasteiger partial charge in [-0.25, -0.2) is 14.1 Å². The monoisotopic (exact) mass is 448 g/mol. The maximum atomic E-state index is 14.1. The molecule has 3 heterocycles. The molecule has 1 aliphatic rings. The Balaban J connectivity index is 1.58. The van der Waals surface area contributed by atoms with Crippen molar-refractivity contribution in [1.29, 1.82) is 5.26 Å². The van der Waals surface area contributed by atoms with Crippen molar-refractivity contribution < 1.29 is 9.18 Å². The zero-order chi connectivity index (χ0) is 23.7. The summed E-state index contributed by atoms with van der Waals surface area (Å²) in [6.45, 7) is 9.17. The van der Waals surface area contributed by atoms with E-state index in [1.807, 2.05) is 11.8 Å². The third-order valence-corrected chi connectivity index (χ3v) is 6.14. The molecule has 0 unspecified atom stereocenters. The molecular weight excluding hydrogens is 423 g/mol. The molecular formula is C24H25FN6O2. The minimum absolute atomic E-state index is 0.0699. The Kier molecular flexibility index (Phi) is 6.11. The number of carbonyl (C=O) groups is 1. The molecule has 4 rings (SSSR count). The molecule has 1 amide bonds. The summed E-state index contributed by atoms with van der Waals surface area (Å²) in [5.41, 5.74) is 1.26. The highest BCUT2D eigenvalue weighted by atomic mass is 19.1. The standard InChI is InChI=1S/C24H25FN6O2/c1-4-29-7-8-30(16(3)14-29)23(32)17-5-6-22(27-12-17)31-24(33)20(13-28-31)19-10-21(25)18(11-26)9-15(19)2/h5-6,9-10,12-13,16,28H,4,7-8,14H2,1-3H3/t16-/m0/s1. The number of benzene rings is 1. The van der Waals surface area contributed by atoms with Crippen LogP contribution in [0.3, 0.4) is 0 Å². The van der Waals surface area contributed by atoms with Crippen molar-refractivity contribution in [3.8, 4) is 23.0 Å². The highest BCUT2D eigenvalue weighted by Gasteiger charge is 2.27. The van der Waals surface area contributed by atoms with Gasteiger partial charge in [0.15, 0.2) is 5.82 Å². The van der Waals surface area contributed by atoms with E-state index in [1.165, 1.54) is 29.2 Å². The molecule has 0 radical (unpaired) electrons. The molecule has 170 valence electrons. The van der Waals surface area contributed by atoms with Crippen LogP contribution >= 0.6 is 0 Å². The van der Waals surface area contributed by atoms with E-state index in [1.54, 1.807) is 25.1 Å². The predicted octanol–water partition coefficient (Wildman–Crippen LogP) is 2.71. The number of nitrogens with one attached hydrogen (secondary N) is 1. The number of halogens is 1. The van der Waals surface area contributed by atoms with Crippen molar-refractivity contribution in [2.24, 2.45) is 0 Å². The molecule has 0 aliphatic carbocycles. The Morgan fingerprint density at radius 3 is 2.73 bits per heavy atom. The molecule has 9 heteroatoms. The summed E-state index contributed by atoms with van der Waals surface area (Å²) in [5, 5.41) is 11.8. The normalized spacial score (nSPS) is 16.6. The average molecular weight is 449 g/mol. The lowest BCUT2D eigenvalue weighted by molar-refractivity contribution is 0.0499. The number of pyridine rings is 1. The second kappa shape index (κ2) is 9.00. The van der Waals surface area contributed by atoms with Gasteiger partial charge in [0.05, 0.1) is 16.7 Å². The molecule has 1 aliphatic heterocycles. The van der Waals surface area contributed by atoms with Gasteiger partial charge < -0.3 is 4.90 Å². The Morgan fingerprint density at radius 2 is 2.09 bits per heavy atom. The highest BCUT2D eigenvalue weighted by Crippen LogP contribution is 2.24. The lowest BCUT2D eigenvalue weighted by Crippen LogP contribution is -2.53. The fourth-order valence-electron chi connectivity index (χ4n) is 4.22. The lowest BCUT2D eigenvalue weighted by atomic mass is 10.0. The number of aromatic nitrogens is 3. The number of carbonyl (C=O) groups excluding carboxylic acids is 1. The second-order valence-electron chi connectivity index (χ2n) is 8.23. The van der Waals surface area contributed by atoms with Gasteiger partial charge in [0.25, 0.3) is 11.5 Å². The number of aryl methyl sites for hydroxylation is 1. The van der Waals surface area contributed by atoms with Gasteiger partial charge in [0.1, 0.15) is 11.9 Å². The van der Waals surface area contributed by atoms with Crippen LogP contribution in [-0.2, 0) is 0 Å². The maximum Gasteiger partial charge on any atom is 0.280 e. The van der Waals surface area contributed by atoms with E-state index in [0.29, 0.717) is 29.1 Å². The van der Waals surface area contributed by atoms with Crippen LogP contribution in [0.4, 0.5) is 4.39 Å². The molecule has 1 atom stereocenters. The van der Waals surface area contributed by atoms with Crippen LogP contribution in [0.15, 0.2) is 41.5 Å². The van der Waals surface area contributed by atoms with E-state index < -0.39 is 11.4 Å².